The molecule has 12 rings (SSSR count). The minimum absolute atomic E-state index is 0.00699. The Morgan fingerprint density at radius 3 is 2.27 bits per heavy atom. The number of sulfonamides is 1. The number of thiazole rings is 1. The van der Waals surface area contributed by atoms with E-state index < -0.39 is 55.0 Å². The third-order valence-corrected chi connectivity index (χ3v) is 24.6. The summed E-state index contributed by atoms with van der Waals surface area (Å²) in [7, 11) is -4.63. The summed E-state index contributed by atoms with van der Waals surface area (Å²) in [5.41, 5.74) is 9.54. The molecular formula is C80H102ClN13O10S2. The number of carbonyl (C=O) groups is 4. The molecule has 3 aliphatic heterocycles. The number of piperazine rings is 2. The zero-order valence-corrected chi connectivity index (χ0v) is 64.4. The van der Waals surface area contributed by atoms with Crippen LogP contribution in [0.3, 0.4) is 0 Å². The summed E-state index contributed by atoms with van der Waals surface area (Å²) in [6.45, 7) is 23.5. The fourth-order valence-corrected chi connectivity index (χ4v) is 17.7. The minimum Gasteiger partial charge on any atom is -0.455 e. The number of hydrogen-bond acceptors (Lipinski definition) is 18. The van der Waals surface area contributed by atoms with Crippen LogP contribution in [0.5, 0.6) is 11.5 Å². The van der Waals surface area contributed by atoms with Crippen molar-refractivity contribution in [3.05, 3.63) is 158 Å². The highest BCUT2D eigenvalue weighted by atomic mass is 35.5. The maximum absolute atomic E-state index is 14.3. The summed E-state index contributed by atoms with van der Waals surface area (Å²) in [5.74, 6) is -1.19. The third-order valence-electron chi connectivity index (χ3n) is 22.1. The fourth-order valence-electron chi connectivity index (χ4n) is 15.7. The van der Waals surface area contributed by atoms with Crippen LogP contribution in [-0.4, -0.2) is 179 Å². The van der Waals surface area contributed by atoms with Crippen molar-refractivity contribution < 1.29 is 42.4 Å². The normalized spacial score (nSPS) is 20.5. The fraction of sp³-hybridized carbons (Fsp3) is 0.500. The summed E-state index contributed by atoms with van der Waals surface area (Å²) in [6, 6.07) is 26.9. The molecular weight excluding hydrogens is 1400 g/mol. The minimum atomic E-state index is -4.63. The first-order valence-electron chi connectivity index (χ1n) is 37.5. The Hall–Kier alpha value is -8.30. The number of likely N-dealkylation sites (tertiary alicyclic amines) is 1. The highest BCUT2D eigenvalue weighted by Crippen LogP contribution is 2.44. The molecule has 0 bridgehead atoms. The highest BCUT2D eigenvalue weighted by molar-refractivity contribution is 7.90. The molecule has 6 heterocycles. The van der Waals surface area contributed by atoms with E-state index in [9.17, 15) is 42.8 Å². The van der Waals surface area contributed by atoms with Gasteiger partial charge in [-0.3, -0.25) is 39.1 Å². The van der Waals surface area contributed by atoms with Gasteiger partial charge in [0, 0.05) is 125 Å². The number of aryl methyl sites for hydroxylation is 1. The number of pyridine rings is 1. The maximum Gasteiger partial charge on any atom is 0.293 e. The van der Waals surface area contributed by atoms with Gasteiger partial charge in [0.2, 0.25) is 17.7 Å². The van der Waals surface area contributed by atoms with E-state index >= 15 is 0 Å². The van der Waals surface area contributed by atoms with Gasteiger partial charge in [-0.2, -0.15) is 0 Å². The quantitative estimate of drug-likeness (QED) is 0.0159. The van der Waals surface area contributed by atoms with Crippen molar-refractivity contribution in [3.8, 4) is 21.9 Å². The number of nitro groups is 1. The number of allylic oxidation sites excluding steroid dienone is 1. The number of fused-ring (bicyclic) bond motifs is 1. The van der Waals surface area contributed by atoms with Crippen molar-refractivity contribution in [2.75, 3.05) is 88.8 Å². The molecule has 5 aliphatic rings. The van der Waals surface area contributed by atoms with Crippen molar-refractivity contribution in [3.63, 3.8) is 0 Å². The molecule has 3 saturated heterocycles. The van der Waals surface area contributed by atoms with Crippen LogP contribution in [0.15, 0.2) is 125 Å². The summed E-state index contributed by atoms with van der Waals surface area (Å²) < 4.78 is 36.8. The van der Waals surface area contributed by atoms with Crippen LogP contribution in [0.25, 0.3) is 27.0 Å². The van der Waals surface area contributed by atoms with E-state index in [1.54, 1.807) is 41.8 Å². The van der Waals surface area contributed by atoms with E-state index in [1.807, 2.05) is 82.6 Å². The molecule has 566 valence electrons. The number of β-amino-alcohol motifs (C(OH)–C–C–N with tert-alkyl or cyclic N) is 1. The number of aromatic nitrogens is 3. The van der Waals surface area contributed by atoms with E-state index in [-0.39, 0.29) is 71.5 Å². The number of ether oxygens (including phenoxy) is 1. The van der Waals surface area contributed by atoms with Crippen LogP contribution in [0.1, 0.15) is 158 Å². The number of nitrogens with one attached hydrogen (secondary N) is 5. The van der Waals surface area contributed by atoms with Gasteiger partial charge in [0.1, 0.15) is 34.9 Å². The Morgan fingerprint density at radius 2 is 1.57 bits per heavy atom. The number of amides is 4. The molecule has 1 unspecified atom stereocenters. The average molecular weight is 1510 g/mol. The number of hydrogen-bond donors (Lipinski definition) is 6. The van der Waals surface area contributed by atoms with Crippen molar-refractivity contribution in [2.45, 2.75) is 167 Å². The molecule has 4 atom stereocenters. The number of H-pyrrole nitrogens is 1. The Bertz CT molecular complexity index is 4420. The van der Waals surface area contributed by atoms with E-state index in [0.29, 0.717) is 43.5 Å². The summed E-state index contributed by atoms with van der Waals surface area (Å²) in [6.07, 6.45) is 13.4. The van der Waals surface area contributed by atoms with Crippen molar-refractivity contribution in [2.24, 2.45) is 16.7 Å². The number of aliphatic hydroxyl groups is 1. The monoisotopic (exact) mass is 1500 g/mol. The van der Waals surface area contributed by atoms with Gasteiger partial charge in [0.15, 0.2) is 0 Å². The molecule has 26 heteroatoms. The first-order chi connectivity index (χ1) is 50.7. The maximum atomic E-state index is 14.3. The van der Waals surface area contributed by atoms with Gasteiger partial charge in [0.25, 0.3) is 21.6 Å². The second-order valence-corrected chi connectivity index (χ2v) is 34.4. The molecule has 7 aromatic rings. The van der Waals surface area contributed by atoms with Crippen LogP contribution in [0.4, 0.5) is 17.1 Å². The second-order valence-electron chi connectivity index (χ2n) is 31.4. The number of aliphatic hydroxyl groups excluding tert-OH is 1. The number of carbonyl (C=O) groups excluding carboxylic acids is 4. The summed E-state index contributed by atoms with van der Waals surface area (Å²) >= 11 is 7.87. The lowest BCUT2D eigenvalue weighted by Gasteiger charge is -2.42. The Balaban J connectivity index is 0.568. The zero-order chi connectivity index (χ0) is 75.0. The average Bonchev–Trinajstić information content (AvgIpc) is 1.06. The number of rotatable bonds is 27. The topological polar surface area (TPSA) is 281 Å². The number of nitrogens with zero attached hydrogens (tertiary/aromatic N) is 8. The van der Waals surface area contributed by atoms with Gasteiger partial charge in [-0.05, 0) is 166 Å². The molecule has 4 amide bonds. The molecule has 4 fully saturated rings. The number of halogens is 1. The summed E-state index contributed by atoms with van der Waals surface area (Å²) in [5, 5.41) is 34.2. The number of nitro benzene ring substituents is 1. The van der Waals surface area contributed by atoms with Crippen LogP contribution in [-0.2, 0) is 24.4 Å². The van der Waals surface area contributed by atoms with Crippen LogP contribution in [0.2, 0.25) is 5.02 Å². The molecule has 0 radical (unpaired) electrons. The van der Waals surface area contributed by atoms with E-state index in [2.05, 4.69) is 81.2 Å². The first kappa shape index (κ1) is 77.3. The zero-order valence-electron chi connectivity index (χ0n) is 62.0. The molecule has 3 aromatic heterocycles. The van der Waals surface area contributed by atoms with Crippen LogP contribution >= 0.6 is 22.9 Å². The molecule has 106 heavy (non-hydrogen) atoms. The molecule has 1 saturated carbocycles. The van der Waals surface area contributed by atoms with E-state index in [4.69, 9.17) is 16.3 Å². The van der Waals surface area contributed by atoms with Gasteiger partial charge < -0.3 is 45.5 Å². The van der Waals surface area contributed by atoms with Gasteiger partial charge >= 0.3 is 0 Å². The molecule has 6 N–H and O–H groups in total. The Labute approximate surface area is 631 Å². The van der Waals surface area contributed by atoms with Crippen molar-refractivity contribution >= 4 is 90.3 Å². The number of benzene rings is 4. The SMILES string of the molecule is Cc1ncsc1-c1ccc([C@H](C)NC(=O)[C@@H]2C[C@@H](O)CN2C(=O)C(NC(=O)CCCCCCN2CCN(C3CCC(CNc4ccc(S(=O)(=O)NC(=O)c5ccc(N6CCN(CC7=C(c8ccc(Cl)cc8)CC(C)(C)CC7)CC6)cc5Oc5cnc6[nH]ccc6c5)cc4[N+](=O)[O-])CC3)CC2)C(C)(C)C)cc1. The van der Waals surface area contributed by atoms with Gasteiger partial charge in [-0.1, -0.05) is 101 Å². The Kier molecular flexibility index (Phi) is 24.7. The number of aromatic amines is 1. The molecule has 0 spiro atoms. The van der Waals surface area contributed by atoms with E-state index in [1.165, 1.54) is 39.9 Å². The van der Waals surface area contributed by atoms with Crippen molar-refractivity contribution in [1.29, 1.82) is 0 Å². The standard InChI is InChI=1S/C80H102ClN13O10S2/c1-52(55-15-17-57(18-16-55)73-53(2)85-51-105-73)86-77(98)70-44-63(95)50-93(70)78(99)74(79(3,4)5)87-72(96)12-10-8-9-11-33-89-34-38-91(39-35-89)61-23-13-54(14-24-61)47-83-68-28-26-65(45-69(68)94(100)101)106(102,103)88-76(97)66-27-25-62(43-71(66)104-64-42-58-30-32-82-75(58)84-48-64)92-40-36-90(37-41-92)49-59-29-31-80(6,7)46-67(59)56-19-21-60(81)22-20-56/h15-22,25-28,30,32,42-43,45,48,51-52,54,61,63,70,74,83,95H,8-14,23-24,29,31,33-41,44,46-47,49-50H2,1-7H3,(H,82,84)(H,86,98)(H,87,96)(H,88,97)/t52-,54?,61?,63+,70-,74?/m0/s1. The predicted octanol–water partition coefficient (Wildman–Crippen LogP) is 13.2. The van der Waals surface area contributed by atoms with Crippen LogP contribution < -0.4 is 30.3 Å². The summed E-state index contributed by atoms with van der Waals surface area (Å²) in [4.78, 5) is 91.6. The molecule has 4 aromatic carbocycles. The smallest absolute Gasteiger partial charge is 0.293 e. The molecule has 2 aliphatic carbocycles. The lowest BCUT2D eigenvalue weighted by atomic mass is 9.72. The lowest BCUT2D eigenvalue weighted by Crippen LogP contribution is -2.57. The lowest BCUT2D eigenvalue weighted by molar-refractivity contribution is -0.384. The van der Waals surface area contributed by atoms with E-state index in [0.717, 1.165) is 160 Å². The highest BCUT2D eigenvalue weighted by Gasteiger charge is 2.45. The number of anilines is 2. The third kappa shape index (κ3) is 19.3. The van der Waals surface area contributed by atoms with Crippen molar-refractivity contribution in [1.82, 2.24) is 49.9 Å². The second kappa shape index (κ2) is 33.9. The first-order valence-corrected chi connectivity index (χ1v) is 40.3. The van der Waals surface area contributed by atoms with Gasteiger partial charge in [-0.25, -0.2) is 23.1 Å². The molecule has 23 nitrogen and oxygen atoms in total. The van der Waals surface area contributed by atoms with Crippen LogP contribution in [0, 0.1) is 33.8 Å². The Morgan fingerprint density at radius 1 is 0.849 bits per heavy atom. The largest absolute Gasteiger partial charge is 0.455 e. The van der Waals surface area contributed by atoms with Gasteiger partial charge in [0.05, 0.1) is 49.8 Å². The van der Waals surface area contributed by atoms with Gasteiger partial charge in [-0.15, -0.1) is 11.3 Å². The number of unbranched alkanes of at least 4 members (excludes halogenated alkanes) is 3. The predicted molar refractivity (Wildman–Crippen MR) is 417 cm³/mol.